The quantitative estimate of drug-likeness (QED) is 0.632. The van der Waals surface area contributed by atoms with E-state index in [9.17, 15) is 14.7 Å². The summed E-state index contributed by atoms with van der Waals surface area (Å²) in [6.45, 7) is 0. The molecular formula is C19H19NO4. The maximum absolute atomic E-state index is 12.1. The number of phenols is 1. The Morgan fingerprint density at radius 3 is 2.54 bits per heavy atom. The van der Waals surface area contributed by atoms with E-state index in [-0.39, 0.29) is 24.0 Å². The van der Waals surface area contributed by atoms with Crippen LogP contribution >= 0.6 is 0 Å². The van der Waals surface area contributed by atoms with E-state index in [1.165, 1.54) is 13.2 Å². The average Bonchev–Trinajstić information content (AvgIpc) is 2.60. The van der Waals surface area contributed by atoms with Crippen LogP contribution in [0, 0.1) is 0 Å². The van der Waals surface area contributed by atoms with Crippen LogP contribution in [0.15, 0.2) is 54.6 Å². The summed E-state index contributed by atoms with van der Waals surface area (Å²) >= 11 is 0. The van der Waals surface area contributed by atoms with E-state index >= 15 is 0 Å². The van der Waals surface area contributed by atoms with Crippen molar-refractivity contribution in [3.8, 4) is 5.75 Å². The van der Waals surface area contributed by atoms with Gasteiger partial charge in [-0.15, -0.1) is 0 Å². The van der Waals surface area contributed by atoms with Crippen molar-refractivity contribution in [2.75, 3.05) is 12.4 Å². The molecule has 0 unspecified atom stereocenters. The molecule has 0 saturated carbocycles. The lowest BCUT2D eigenvalue weighted by Crippen LogP contribution is -2.10. The van der Waals surface area contributed by atoms with Crippen molar-refractivity contribution in [2.24, 2.45) is 0 Å². The minimum Gasteiger partial charge on any atom is -0.508 e. The Hall–Kier alpha value is -3.08. The molecule has 0 aromatic heterocycles. The average molecular weight is 325 g/mol. The Kier molecular flexibility index (Phi) is 6.14. The van der Waals surface area contributed by atoms with Crippen LogP contribution in [0.25, 0.3) is 6.08 Å². The number of methoxy groups -OCH3 is 1. The third-order valence-corrected chi connectivity index (χ3v) is 3.42. The highest BCUT2D eigenvalue weighted by Gasteiger charge is 2.07. The molecule has 0 heterocycles. The van der Waals surface area contributed by atoms with E-state index in [1.807, 2.05) is 18.2 Å². The largest absolute Gasteiger partial charge is 0.508 e. The standard InChI is InChI=1S/C19H19NO4/c1-24-19(23)13-9-15-4-2-3-5-17(15)20-18(22)12-8-14-6-10-16(21)11-7-14/h2-8,10-12,21H,9,13H2,1H3,(H,20,22). The maximum Gasteiger partial charge on any atom is 0.305 e. The summed E-state index contributed by atoms with van der Waals surface area (Å²) in [6.07, 6.45) is 3.83. The molecule has 0 aliphatic rings. The van der Waals surface area contributed by atoms with Gasteiger partial charge >= 0.3 is 5.97 Å². The number of hydrogen-bond donors (Lipinski definition) is 2. The van der Waals surface area contributed by atoms with Crippen LogP contribution in [0.1, 0.15) is 17.5 Å². The van der Waals surface area contributed by atoms with Gasteiger partial charge in [0.1, 0.15) is 5.75 Å². The smallest absolute Gasteiger partial charge is 0.305 e. The molecule has 5 nitrogen and oxygen atoms in total. The lowest BCUT2D eigenvalue weighted by molar-refractivity contribution is -0.140. The van der Waals surface area contributed by atoms with Gasteiger partial charge in [0.15, 0.2) is 0 Å². The van der Waals surface area contributed by atoms with Gasteiger partial charge in [-0.1, -0.05) is 30.3 Å². The first-order valence-electron chi connectivity index (χ1n) is 7.51. The highest BCUT2D eigenvalue weighted by molar-refractivity contribution is 6.02. The number of benzene rings is 2. The highest BCUT2D eigenvalue weighted by atomic mass is 16.5. The zero-order chi connectivity index (χ0) is 17.4. The van der Waals surface area contributed by atoms with Crippen molar-refractivity contribution in [1.29, 1.82) is 0 Å². The summed E-state index contributed by atoms with van der Waals surface area (Å²) in [5.41, 5.74) is 2.35. The Balaban J connectivity index is 2.00. The van der Waals surface area contributed by atoms with Gasteiger partial charge in [0, 0.05) is 18.2 Å². The minimum atomic E-state index is -0.289. The lowest BCUT2D eigenvalue weighted by atomic mass is 10.1. The number of anilines is 1. The fraction of sp³-hybridized carbons (Fsp3) is 0.158. The minimum absolute atomic E-state index is 0.177. The molecule has 24 heavy (non-hydrogen) atoms. The van der Waals surface area contributed by atoms with E-state index in [4.69, 9.17) is 0 Å². The molecule has 2 aromatic rings. The number of aromatic hydroxyl groups is 1. The van der Waals surface area contributed by atoms with Gasteiger partial charge in [-0.05, 0) is 41.8 Å². The predicted octanol–water partition coefficient (Wildman–Crippen LogP) is 3.15. The Morgan fingerprint density at radius 2 is 1.83 bits per heavy atom. The summed E-state index contributed by atoms with van der Waals surface area (Å²) in [5.74, 6) is -0.381. The van der Waals surface area contributed by atoms with Crippen molar-refractivity contribution in [2.45, 2.75) is 12.8 Å². The Morgan fingerprint density at radius 1 is 1.12 bits per heavy atom. The van der Waals surface area contributed by atoms with E-state index in [0.717, 1.165) is 11.1 Å². The number of aryl methyl sites for hydroxylation is 1. The zero-order valence-electron chi connectivity index (χ0n) is 13.4. The van der Waals surface area contributed by atoms with Gasteiger partial charge in [-0.25, -0.2) is 0 Å². The van der Waals surface area contributed by atoms with Gasteiger partial charge < -0.3 is 15.2 Å². The second-order valence-corrected chi connectivity index (χ2v) is 5.15. The van der Waals surface area contributed by atoms with Crippen molar-refractivity contribution < 1.29 is 19.4 Å². The van der Waals surface area contributed by atoms with Crippen LogP contribution in [-0.2, 0) is 20.7 Å². The summed E-state index contributed by atoms with van der Waals surface area (Å²) in [4.78, 5) is 23.3. The van der Waals surface area contributed by atoms with Gasteiger partial charge in [-0.3, -0.25) is 9.59 Å². The number of rotatable bonds is 6. The van der Waals surface area contributed by atoms with Crippen LogP contribution < -0.4 is 5.32 Å². The van der Waals surface area contributed by atoms with Crippen molar-refractivity contribution in [3.05, 3.63) is 65.7 Å². The second-order valence-electron chi connectivity index (χ2n) is 5.15. The molecule has 0 bridgehead atoms. The fourth-order valence-electron chi connectivity index (χ4n) is 2.13. The molecule has 0 atom stereocenters. The first kappa shape index (κ1) is 17.3. The number of nitrogens with one attached hydrogen (secondary N) is 1. The highest BCUT2D eigenvalue weighted by Crippen LogP contribution is 2.17. The summed E-state index contributed by atoms with van der Waals surface area (Å²) in [7, 11) is 1.35. The lowest BCUT2D eigenvalue weighted by Gasteiger charge is -2.09. The molecule has 0 spiro atoms. The molecule has 2 aromatic carbocycles. The number of carbonyl (C=O) groups is 2. The van der Waals surface area contributed by atoms with Gasteiger partial charge in [0.05, 0.1) is 7.11 Å². The summed E-state index contributed by atoms with van der Waals surface area (Å²) in [6, 6.07) is 13.9. The third-order valence-electron chi connectivity index (χ3n) is 3.42. The van der Waals surface area contributed by atoms with Crippen molar-refractivity contribution in [3.63, 3.8) is 0 Å². The first-order valence-corrected chi connectivity index (χ1v) is 7.51. The molecule has 0 fully saturated rings. The van der Waals surface area contributed by atoms with Crippen molar-refractivity contribution in [1.82, 2.24) is 0 Å². The number of carbonyl (C=O) groups excluding carboxylic acids is 2. The van der Waals surface area contributed by atoms with E-state index < -0.39 is 0 Å². The number of phenolic OH excluding ortho intramolecular Hbond substituents is 1. The second kappa shape index (κ2) is 8.53. The monoisotopic (exact) mass is 325 g/mol. The van der Waals surface area contributed by atoms with Gasteiger partial charge in [0.2, 0.25) is 5.91 Å². The SMILES string of the molecule is COC(=O)CCc1ccccc1NC(=O)C=Cc1ccc(O)cc1. The Bertz CT molecular complexity index is 735. The molecular weight excluding hydrogens is 306 g/mol. The number of hydrogen-bond acceptors (Lipinski definition) is 4. The van der Waals surface area contributed by atoms with Gasteiger partial charge in [0.25, 0.3) is 0 Å². The van der Waals surface area contributed by atoms with Crippen LogP contribution in [0.3, 0.4) is 0 Å². The third kappa shape index (κ3) is 5.28. The molecule has 0 aliphatic heterocycles. The number of para-hydroxylation sites is 1. The topological polar surface area (TPSA) is 75.6 Å². The van der Waals surface area contributed by atoms with E-state index in [2.05, 4.69) is 10.1 Å². The van der Waals surface area contributed by atoms with Crippen LogP contribution in [0.5, 0.6) is 5.75 Å². The molecule has 2 rings (SSSR count). The Labute approximate surface area is 140 Å². The molecule has 5 heteroatoms. The normalized spacial score (nSPS) is 10.5. The summed E-state index contributed by atoms with van der Waals surface area (Å²) < 4.78 is 4.63. The number of ether oxygens (including phenoxy) is 1. The molecule has 2 N–H and O–H groups in total. The molecule has 124 valence electrons. The van der Waals surface area contributed by atoms with Crippen LogP contribution in [-0.4, -0.2) is 24.1 Å². The molecule has 1 amide bonds. The van der Waals surface area contributed by atoms with Crippen LogP contribution in [0.2, 0.25) is 0 Å². The van der Waals surface area contributed by atoms with E-state index in [1.54, 1.807) is 36.4 Å². The van der Waals surface area contributed by atoms with Crippen molar-refractivity contribution >= 4 is 23.6 Å². The molecule has 0 saturated heterocycles. The number of amides is 1. The summed E-state index contributed by atoms with van der Waals surface area (Å²) in [5, 5.41) is 12.0. The molecule has 0 aliphatic carbocycles. The zero-order valence-corrected chi connectivity index (χ0v) is 13.4. The van der Waals surface area contributed by atoms with Crippen LogP contribution in [0.4, 0.5) is 5.69 Å². The fourth-order valence-corrected chi connectivity index (χ4v) is 2.13. The number of esters is 1. The molecule has 0 radical (unpaired) electrons. The van der Waals surface area contributed by atoms with E-state index in [0.29, 0.717) is 12.1 Å². The first-order chi connectivity index (χ1) is 11.6. The van der Waals surface area contributed by atoms with Gasteiger partial charge in [-0.2, -0.15) is 0 Å². The maximum atomic E-state index is 12.1. The predicted molar refractivity (Wildman–Crippen MR) is 92.5 cm³/mol.